The number of nitrogens with two attached hydrogens (primary N) is 1. The molecule has 4 nitrogen and oxygen atoms in total. The number of amides is 1. The van der Waals surface area contributed by atoms with E-state index in [0.29, 0.717) is 26.4 Å². The molecule has 3 rings (SSSR count). The minimum atomic E-state index is -0.576. The fourth-order valence-corrected chi connectivity index (χ4v) is 3.09. The zero-order valence-corrected chi connectivity index (χ0v) is 14.0. The Bertz CT molecular complexity index is 919. The first-order valence-electron chi connectivity index (χ1n) is 7.06. The third-order valence-corrected chi connectivity index (χ3v) is 4.44. The molecular weight excluding hydrogens is 349 g/mol. The molecule has 0 atom stereocenters. The third-order valence-electron chi connectivity index (χ3n) is 3.48. The lowest BCUT2D eigenvalue weighted by atomic mass is 10.1. The number of pyridine rings is 1. The number of benzene rings is 2. The highest BCUT2D eigenvalue weighted by Crippen LogP contribution is 2.29. The molecule has 7 heteroatoms. The Morgan fingerprint density at radius 2 is 2.08 bits per heavy atom. The highest BCUT2D eigenvalue weighted by Gasteiger charge is 2.10. The Kier molecular flexibility index (Phi) is 4.99. The standard InChI is InChI=1S/C17H13ClFN3OS/c18-14-4-2-1-3-10(14)6-17(23)22-12-5-11-9-21-16(19)8-13(11)15(7-12)24-20/h1-5,7-9H,6,20H2,(H,22,23). The van der Waals surface area contributed by atoms with E-state index in [2.05, 4.69) is 10.3 Å². The molecule has 1 aromatic heterocycles. The molecule has 1 amide bonds. The number of halogens is 2. The van der Waals surface area contributed by atoms with Crippen LogP contribution in [0.1, 0.15) is 5.56 Å². The van der Waals surface area contributed by atoms with Gasteiger partial charge in [0.15, 0.2) is 0 Å². The number of hydrogen-bond acceptors (Lipinski definition) is 4. The molecule has 0 fully saturated rings. The van der Waals surface area contributed by atoms with E-state index in [1.54, 1.807) is 24.3 Å². The molecular formula is C17H13ClFN3OS. The summed E-state index contributed by atoms with van der Waals surface area (Å²) in [5.74, 6) is -0.779. The number of anilines is 1. The summed E-state index contributed by atoms with van der Waals surface area (Å²) in [5, 5.41) is 10.4. The maximum atomic E-state index is 13.3. The predicted molar refractivity (Wildman–Crippen MR) is 95.5 cm³/mol. The van der Waals surface area contributed by atoms with E-state index in [4.69, 9.17) is 16.7 Å². The molecule has 0 bridgehead atoms. The Morgan fingerprint density at radius 1 is 1.29 bits per heavy atom. The van der Waals surface area contributed by atoms with Crippen LogP contribution >= 0.6 is 23.5 Å². The first kappa shape index (κ1) is 16.7. The van der Waals surface area contributed by atoms with Gasteiger partial charge in [-0.05, 0) is 35.7 Å². The van der Waals surface area contributed by atoms with E-state index in [1.165, 1.54) is 12.3 Å². The summed E-state index contributed by atoms with van der Waals surface area (Å²) < 4.78 is 13.3. The average molecular weight is 362 g/mol. The van der Waals surface area contributed by atoms with Crippen molar-refractivity contribution in [2.45, 2.75) is 11.3 Å². The lowest BCUT2D eigenvalue weighted by Gasteiger charge is -2.10. The molecule has 0 radical (unpaired) electrons. The second-order valence-electron chi connectivity index (χ2n) is 5.14. The van der Waals surface area contributed by atoms with E-state index >= 15 is 0 Å². The Labute approximate surface area is 147 Å². The molecule has 0 saturated heterocycles. The van der Waals surface area contributed by atoms with Gasteiger partial charge in [0.1, 0.15) is 0 Å². The maximum Gasteiger partial charge on any atom is 0.228 e. The lowest BCUT2D eigenvalue weighted by Crippen LogP contribution is -2.14. The number of carbonyl (C=O) groups is 1. The topological polar surface area (TPSA) is 68.0 Å². The van der Waals surface area contributed by atoms with Gasteiger partial charge in [-0.2, -0.15) is 4.39 Å². The van der Waals surface area contributed by atoms with Gasteiger partial charge in [-0.25, -0.2) is 4.98 Å². The summed E-state index contributed by atoms with van der Waals surface area (Å²) in [4.78, 5) is 16.5. The molecule has 122 valence electrons. The van der Waals surface area contributed by atoms with Gasteiger partial charge in [-0.15, -0.1) is 0 Å². The van der Waals surface area contributed by atoms with Gasteiger partial charge in [0.2, 0.25) is 11.9 Å². The summed E-state index contributed by atoms with van der Waals surface area (Å²) in [6, 6.07) is 11.9. The zero-order chi connectivity index (χ0) is 17.1. The fraction of sp³-hybridized carbons (Fsp3) is 0.0588. The van der Waals surface area contributed by atoms with Crippen molar-refractivity contribution in [1.82, 2.24) is 4.98 Å². The normalized spacial score (nSPS) is 10.8. The van der Waals surface area contributed by atoms with Crippen LogP contribution in [0.15, 0.2) is 53.6 Å². The van der Waals surface area contributed by atoms with Gasteiger partial charge in [0, 0.05) is 38.6 Å². The van der Waals surface area contributed by atoms with Crippen molar-refractivity contribution in [3.8, 4) is 0 Å². The van der Waals surface area contributed by atoms with Gasteiger partial charge in [0.25, 0.3) is 0 Å². The lowest BCUT2D eigenvalue weighted by molar-refractivity contribution is -0.115. The monoisotopic (exact) mass is 361 g/mol. The van der Waals surface area contributed by atoms with E-state index < -0.39 is 5.95 Å². The number of fused-ring (bicyclic) bond motifs is 1. The van der Waals surface area contributed by atoms with Crippen LogP contribution in [0.4, 0.5) is 10.1 Å². The Hall–Kier alpha value is -2.15. The second-order valence-corrected chi connectivity index (χ2v) is 6.22. The minimum absolute atomic E-state index is 0.157. The largest absolute Gasteiger partial charge is 0.326 e. The first-order valence-corrected chi connectivity index (χ1v) is 8.32. The molecule has 0 spiro atoms. The minimum Gasteiger partial charge on any atom is -0.326 e. The van der Waals surface area contributed by atoms with Crippen LogP contribution in [0.5, 0.6) is 0 Å². The smallest absolute Gasteiger partial charge is 0.228 e. The molecule has 0 unspecified atom stereocenters. The molecule has 0 aliphatic carbocycles. The molecule has 3 aromatic rings. The summed E-state index contributed by atoms with van der Waals surface area (Å²) in [6.45, 7) is 0. The molecule has 24 heavy (non-hydrogen) atoms. The van der Waals surface area contributed by atoms with Crippen molar-refractivity contribution in [3.63, 3.8) is 0 Å². The number of rotatable bonds is 4. The van der Waals surface area contributed by atoms with Crippen LogP contribution in [0.25, 0.3) is 10.8 Å². The maximum absolute atomic E-state index is 13.3. The predicted octanol–water partition coefficient (Wildman–Crippen LogP) is 4.17. The average Bonchev–Trinajstić information content (AvgIpc) is 2.56. The van der Waals surface area contributed by atoms with Crippen molar-refractivity contribution in [2.75, 3.05) is 5.32 Å². The van der Waals surface area contributed by atoms with Gasteiger partial charge in [-0.3, -0.25) is 9.93 Å². The number of aromatic nitrogens is 1. The molecule has 0 aliphatic rings. The molecule has 2 aromatic carbocycles. The Morgan fingerprint density at radius 3 is 2.83 bits per heavy atom. The summed E-state index contributed by atoms with van der Waals surface area (Å²) in [6.07, 6.45) is 1.57. The van der Waals surface area contributed by atoms with Gasteiger partial charge >= 0.3 is 0 Å². The molecule has 1 heterocycles. The number of hydrogen-bond donors (Lipinski definition) is 2. The van der Waals surface area contributed by atoms with Gasteiger partial charge in [-0.1, -0.05) is 29.8 Å². The van der Waals surface area contributed by atoms with Crippen LogP contribution in [-0.4, -0.2) is 10.9 Å². The summed E-state index contributed by atoms with van der Waals surface area (Å²) >= 11 is 7.06. The highest BCUT2D eigenvalue weighted by molar-refractivity contribution is 7.97. The second kappa shape index (κ2) is 7.17. The fourth-order valence-electron chi connectivity index (χ4n) is 2.39. The first-order chi connectivity index (χ1) is 11.6. The van der Waals surface area contributed by atoms with Crippen molar-refractivity contribution in [1.29, 1.82) is 0 Å². The van der Waals surface area contributed by atoms with Crippen molar-refractivity contribution < 1.29 is 9.18 Å². The molecule has 0 saturated carbocycles. The third kappa shape index (κ3) is 3.67. The summed E-state index contributed by atoms with van der Waals surface area (Å²) in [5.41, 5.74) is 1.32. The number of nitrogens with one attached hydrogen (secondary N) is 1. The van der Waals surface area contributed by atoms with E-state index in [9.17, 15) is 9.18 Å². The van der Waals surface area contributed by atoms with Crippen LogP contribution in [0.3, 0.4) is 0 Å². The number of nitrogens with zero attached hydrogens (tertiary/aromatic N) is 1. The van der Waals surface area contributed by atoms with Crippen LogP contribution < -0.4 is 10.5 Å². The van der Waals surface area contributed by atoms with Crippen LogP contribution in [0.2, 0.25) is 5.02 Å². The van der Waals surface area contributed by atoms with E-state index in [-0.39, 0.29) is 12.3 Å². The van der Waals surface area contributed by atoms with E-state index in [0.717, 1.165) is 17.5 Å². The highest BCUT2D eigenvalue weighted by atomic mass is 35.5. The summed E-state index contributed by atoms with van der Waals surface area (Å²) in [7, 11) is 0. The van der Waals surface area contributed by atoms with E-state index in [1.807, 2.05) is 12.1 Å². The molecule has 0 aliphatic heterocycles. The Balaban J connectivity index is 1.86. The van der Waals surface area contributed by atoms with Gasteiger partial charge in [0.05, 0.1) is 6.42 Å². The van der Waals surface area contributed by atoms with Crippen molar-refractivity contribution in [3.05, 3.63) is 65.2 Å². The number of carbonyl (C=O) groups excluding carboxylic acids is 1. The zero-order valence-electron chi connectivity index (χ0n) is 12.4. The molecule has 3 N–H and O–H groups in total. The van der Waals surface area contributed by atoms with Crippen molar-refractivity contribution in [2.24, 2.45) is 5.14 Å². The van der Waals surface area contributed by atoms with Crippen LogP contribution in [-0.2, 0) is 11.2 Å². The van der Waals surface area contributed by atoms with Gasteiger partial charge < -0.3 is 5.32 Å². The quantitative estimate of drug-likeness (QED) is 0.540. The van der Waals surface area contributed by atoms with Crippen molar-refractivity contribution >= 4 is 45.9 Å². The SMILES string of the molecule is NSc1cc(NC(=O)Cc2ccccc2Cl)cc2cnc(F)cc12. The van der Waals surface area contributed by atoms with Crippen LogP contribution in [0, 0.1) is 5.95 Å².